The van der Waals surface area contributed by atoms with Crippen LogP contribution in [0.4, 0.5) is 0 Å². The molecule has 0 aliphatic carbocycles. The molecule has 1 nitrogen and oxygen atoms in total. The molecule has 0 aliphatic rings. The van der Waals surface area contributed by atoms with Gasteiger partial charge in [-0.3, -0.25) is 4.79 Å². The lowest BCUT2D eigenvalue weighted by Gasteiger charge is -2.03. The van der Waals surface area contributed by atoms with E-state index >= 15 is 0 Å². The van der Waals surface area contributed by atoms with Crippen LogP contribution in [0.5, 0.6) is 0 Å². The fraction of sp³-hybridized carbons (Fsp3) is 0.750. The highest BCUT2D eigenvalue weighted by Gasteiger charge is 2.04. The molecular weight excluding hydrogens is 287 g/mol. The highest BCUT2D eigenvalue weighted by molar-refractivity contribution is 7.31. The first-order valence-corrected chi connectivity index (χ1v) is 10.6. The second-order valence-electron chi connectivity index (χ2n) is 6.50. The van der Waals surface area contributed by atoms with Gasteiger partial charge in [0.1, 0.15) is 0 Å². The Kier molecular flexibility index (Phi) is 12.5. The molecule has 1 atom stereocenters. The Balaban J connectivity index is 1.77. The van der Waals surface area contributed by atoms with Crippen molar-refractivity contribution < 1.29 is 4.79 Å². The molecule has 0 N–H and O–H groups in total. The van der Waals surface area contributed by atoms with Crippen molar-refractivity contribution in [3.63, 3.8) is 0 Å². The Labute approximate surface area is 139 Å². The first-order chi connectivity index (χ1) is 10.8. The zero-order valence-corrected chi connectivity index (χ0v) is 15.5. The minimum atomic E-state index is 0.381. The maximum atomic E-state index is 11.8. The van der Waals surface area contributed by atoms with Crippen molar-refractivity contribution in [3.8, 4) is 0 Å². The molecule has 0 aliphatic heterocycles. The SMILES string of the molecule is CCCCCCCCCCCCCCCC(=O)c1ccc[pH]1. The highest BCUT2D eigenvalue weighted by Crippen LogP contribution is 2.18. The van der Waals surface area contributed by atoms with Crippen LogP contribution in [0.15, 0.2) is 17.9 Å². The number of Topliss-reactive ketones (excluding diaryl/α,β-unsaturated/α-hetero) is 1. The molecule has 0 radical (unpaired) electrons. The molecule has 1 unspecified atom stereocenters. The summed E-state index contributed by atoms with van der Waals surface area (Å²) in [5.41, 5.74) is 0. The molecule has 0 aromatic carbocycles. The first kappa shape index (κ1) is 19.5. The summed E-state index contributed by atoms with van der Waals surface area (Å²) in [5, 5.41) is 1.04. The Morgan fingerprint density at radius 2 is 1.32 bits per heavy atom. The third-order valence-electron chi connectivity index (χ3n) is 4.41. The molecule has 0 bridgehead atoms. The molecule has 2 heteroatoms. The van der Waals surface area contributed by atoms with E-state index in [-0.39, 0.29) is 0 Å². The van der Waals surface area contributed by atoms with Crippen LogP contribution in [-0.4, -0.2) is 5.78 Å². The predicted octanol–water partition coefficient (Wildman–Crippen LogP) is 7.38. The van der Waals surface area contributed by atoms with Gasteiger partial charge in [-0.2, -0.15) is 0 Å². The summed E-state index contributed by atoms with van der Waals surface area (Å²) < 4.78 is 0. The van der Waals surface area contributed by atoms with Crippen molar-refractivity contribution in [1.29, 1.82) is 0 Å². The molecule has 1 rings (SSSR count). The van der Waals surface area contributed by atoms with Crippen LogP contribution in [0, 0.1) is 0 Å². The minimum absolute atomic E-state index is 0.381. The van der Waals surface area contributed by atoms with Crippen LogP contribution in [0.25, 0.3) is 0 Å². The molecule has 0 saturated heterocycles. The number of carbonyl (C=O) groups is 1. The monoisotopic (exact) mass is 322 g/mol. The second kappa shape index (κ2) is 14.1. The van der Waals surface area contributed by atoms with Crippen LogP contribution in [0.2, 0.25) is 0 Å². The number of ketones is 1. The van der Waals surface area contributed by atoms with E-state index in [4.69, 9.17) is 0 Å². The lowest BCUT2D eigenvalue weighted by Crippen LogP contribution is -1.94. The molecule has 1 aromatic heterocycles. The number of unbranched alkanes of at least 4 members (excludes halogenated alkanes) is 12. The van der Waals surface area contributed by atoms with Crippen molar-refractivity contribution in [1.82, 2.24) is 0 Å². The Morgan fingerprint density at radius 1 is 0.818 bits per heavy atom. The predicted molar refractivity (Wildman–Crippen MR) is 101 cm³/mol. The number of carbonyl (C=O) groups excluding carboxylic acids is 1. The van der Waals surface area contributed by atoms with Gasteiger partial charge in [-0.25, -0.2) is 0 Å². The molecule has 0 spiro atoms. The fourth-order valence-electron chi connectivity index (χ4n) is 2.94. The van der Waals surface area contributed by atoms with Crippen LogP contribution in [-0.2, 0) is 0 Å². The standard InChI is InChI=1S/C20H35OP/c1-2-3-4-5-6-7-8-9-10-11-12-13-14-16-19(21)20-17-15-18-22-20/h15,17-18,22H,2-14,16H2,1H3. The Morgan fingerprint density at radius 3 is 1.77 bits per heavy atom. The van der Waals surface area contributed by atoms with Gasteiger partial charge < -0.3 is 0 Å². The van der Waals surface area contributed by atoms with E-state index in [2.05, 4.69) is 12.7 Å². The van der Waals surface area contributed by atoms with E-state index < -0.39 is 0 Å². The van der Waals surface area contributed by atoms with Gasteiger partial charge in [0.15, 0.2) is 5.78 Å². The second-order valence-corrected chi connectivity index (χ2v) is 7.66. The number of hydrogen-bond donors (Lipinski definition) is 0. The smallest absolute Gasteiger partial charge is 0.166 e. The number of hydrogen-bond acceptors (Lipinski definition) is 1. The molecular formula is C20H35OP. The average molecular weight is 322 g/mol. The van der Waals surface area contributed by atoms with Crippen molar-refractivity contribution in [2.45, 2.75) is 96.8 Å². The Hall–Kier alpha value is -0.550. The van der Waals surface area contributed by atoms with Crippen molar-refractivity contribution in [2.24, 2.45) is 0 Å². The molecule has 0 amide bonds. The van der Waals surface area contributed by atoms with Crippen LogP contribution in [0.3, 0.4) is 0 Å². The zero-order chi connectivity index (χ0) is 15.9. The van der Waals surface area contributed by atoms with Gasteiger partial charge >= 0.3 is 0 Å². The van der Waals surface area contributed by atoms with Crippen molar-refractivity contribution in [3.05, 3.63) is 23.2 Å². The van der Waals surface area contributed by atoms with E-state index in [0.29, 0.717) is 14.0 Å². The summed E-state index contributed by atoms with van der Waals surface area (Å²) in [7, 11) is 0.622. The average Bonchev–Trinajstić information content (AvgIpc) is 3.06. The van der Waals surface area contributed by atoms with E-state index in [1.807, 2.05) is 12.1 Å². The summed E-state index contributed by atoms with van der Waals surface area (Å²) >= 11 is 0. The molecule has 22 heavy (non-hydrogen) atoms. The van der Waals surface area contributed by atoms with E-state index in [1.165, 1.54) is 77.0 Å². The summed E-state index contributed by atoms with van der Waals surface area (Å²) in [6.45, 7) is 2.28. The van der Waals surface area contributed by atoms with Gasteiger partial charge in [-0.1, -0.05) is 90.0 Å². The largest absolute Gasteiger partial charge is 0.294 e. The topological polar surface area (TPSA) is 17.1 Å². The third-order valence-corrected chi connectivity index (χ3v) is 5.52. The van der Waals surface area contributed by atoms with Gasteiger partial charge in [0.25, 0.3) is 0 Å². The van der Waals surface area contributed by atoms with E-state index in [0.717, 1.165) is 18.1 Å². The normalized spacial score (nSPS) is 11.3. The van der Waals surface area contributed by atoms with Gasteiger partial charge in [0, 0.05) is 11.7 Å². The van der Waals surface area contributed by atoms with Crippen LogP contribution in [0.1, 0.15) is 107 Å². The van der Waals surface area contributed by atoms with Gasteiger partial charge in [0.2, 0.25) is 0 Å². The quantitative estimate of drug-likeness (QED) is 0.243. The molecule has 0 saturated carbocycles. The van der Waals surface area contributed by atoms with Gasteiger partial charge in [-0.15, -0.1) is 8.19 Å². The Bertz CT molecular complexity index is 356. The maximum Gasteiger partial charge on any atom is 0.166 e. The summed E-state index contributed by atoms with van der Waals surface area (Å²) in [6.07, 6.45) is 18.5. The van der Waals surface area contributed by atoms with Crippen LogP contribution >= 0.6 is 8.19 Å². The zero-order valence-electron chi connectivity index (χ0n) is 14.5. The van der Waals surface area contributed by atoms with Crippen molar-refractivity contribution in [2.75, 3.05) is 0 Å². The van der Waals surface area contributed by atoms with E-state index in [1.54, 1.807) is 0 Å². The van der Waals surface area contributed by atoms with Gasteiger partial charge in [-0.05, 0) is 18.3 Å². The lowest BCUT2D eigenvalue weighted by molar-refractivity contribution is 0.0983. The number of rotatable bonds is 15. The highest BCUT2D eigenvalue weighted by atomic mass is 31.0. The lowest BCUT2D eigenvalue weighted by atomic mass is 10.0. The molecule has 1 heterocycles. The summed E-state index contributed by atoms with van der Waals surface area (Å²) in [5.74, 6) is 2.48. The maximum absolute atomic E-state index is 11.8. The van der Waals surface area contributed by atoms with Crippen LogP contribution < -0.4 is 0 Å². The fourth-order valence-corrected chi connectivity index (χ4v) is 3.79. The summed E-state index contributed by atoms with van der Waals surface area (Å²) in [6, 6.07) is 4.00. The molecule has 0 fully saturated rings. The van der Waals surface area contributed by atoms with E-state index in [9.17, 15) is 4.79 Å². The molecule has 126 valence electrons. The molecule has 1 aromatic rings. The summed E-state index contributed by atoms with van der Waals surface area (Å²) in [4.78, 5) is 11.8. The third kappa shape index (κ3) is 10.2. The van der Waals surface area contributed by atoms with Gasteiger partial charge in [0.05, 0.1) is 0 Å². The minimum Gasteiger partial charge on any atom is -0.294 e. The first-order valence-electron chi connectivity index (χ1n) is 9.51. The van der Waals surface area contributed by atoms with Crippen molar-refractivity contribution >= 4 is 14.0 Å².